The number of aliphatic hydroxyl groups excluding tert-OH is 1. The third-order valence-corrected chi connectivity index (χ3v) is 3.46. The van der Waals surface area contributed by atoms with Crippen molar-refractivity contribution in [3.8, 4) is 0 Å². The highest BCUT2D eigenvalue weighted by atomic mass is 16.3. The van der Waals surface area contributed by atoms with Crippen LogP contribution in [0.1, 0.15) is 51.9 Å². The predicted octanol–water partition coefficient (Wildman–Crippen LogP) is 2.54. The largest absolute Gasteiger partial charge is 0.396 e. The summed E-state index contributed by atoms with van der Waals surface area (Å²) in [4.78, 5) is 11.6. The topological polar surface area (TPSA) is 37.3 Å². The van der Waals surface area contributed by atoms with Crippen molar-refractivity contribution in [1.82, 2.24) is 0 Å². The molecule has 82 valence electrons. The molecule has 0 heterocycles. The molecule has 0 saturated heterocycles. The van der Waals surface area contributed by atoms with E-state index in [-0.39, 0.29) is 6.61 Å². The Morgan fingerprint density at radius 2 is 1.93 bits per heavy atom. The number of hydrogen-bond donors (Lipinski definition) is 1. The van der Waals surface area contributed by atoms with E-state index in [1.165, 1.54) is 19.3 Å². The van der Waals surface area contributed by atoms with Gasteiger partial charge in [-0.2, -0.15) is 0 Å². The number of hydrogen-bond acceptors (Lipinski definition) is 2. The zero-order valence-electron chi connectivity index (χ0n) is 9.17. The Kier molecular flexibility index (Phi) is 5.16. The summed E-state index contributed by atoms with van der Waals surface area (Å²) < 4.78 is 0. The Morgan fingerprint density at radius 3 is 2.43 bits per heavy atom. The summed E-state index contributed by atoms with van der Waals surface area (Å²) in [6.45, 7) is 2.38. The van der Waals surface area contributed by atoms with E-state index >= 15 is 0 Å². The zero-order chi connectivity index (χ0) is 10.4. The molecule has 0 spiro atoms. The van der Waals surface area contributed by atoms with E-state index in [9.17, 15) is 4.79 Å². The Labute approximate surface area is 86.7 Å². The van der Waals surface area contributed by atoms with Crippen molar-refractivity contribution in [2.45, 2.75) is 51.9 Å². The molecule has 0 atom stereocenters. The average molecular weight is 198 g/mol. The number of Topliss-reactive ketones (excluding diaryl/α,β-unsaturated/α-hetero) is 1. The molecule has 1 aliphatic rings. The van der Waals surface area contributed by atoms with E-state index in [0.29, 0.717) is 24.5 Å². The first kappa shape index (κ1) is 11.7. The molecule has 0 aromatic heterocycles. The summed E-state index contributed by atoms with van der Waals surface area (Å²) in [5, 5.41) is 8.64. The molecule has 14 heavy (non-hydrogen) atoms. The molecule has 1 aliphatic carbocycles. The minimum atomic E-state index is 0.149. The van der Waals surface area contributed by atoms with Crippen LogP contribution in [0.3, 0.4) is 0 Å². The number of aliphatic hydroxyl groups is 1. The lowest BCUT2D eigenvalue weighted by Gasteiger charge is -2.26. The van der Waals surface area contributed by atoms with Crippen LogP contribution in [0, 0.1) is 11.8 Å². The van der Waals surface area contributed by atoms with Crippen molar-refractivity contribution < 1.29 is 9.90 Å². The van der Waals surface area contributed by atoms with Gasteiger partial charge < -0.3 is 5.11 Å². The van der Waals surface area contributed by atoms with Crippen LogP contribution in [0.4, 0.5) is 0 Å². The molecule has 0 amide bonds. The van der Waals surface area contributed by atoms with E-state index in [2.05, 4.69) is 6.92 Å². The molecular weight excluding hydrogens is 176 g/mol. The lowest BCUT2D eigenvalue weighted by Crippen LogP contribution is -2.21. The fourth-order valence-electron chi connectivity index (χ4n) is 2.35. The van der Waals surface area contributed by atoms with Gasteiger partial charge >= 0.3 is 0 Å². The summed E-state index contributed by atoms with van der Waals surface area (Å²) in [5.41, 5.74) is 0. The van der Waals surface area contributed by atoms with Crippen LogP contribution in [0.2, 0.25) is 0 Å². The SMILES string of the molecule is CCC1CCC(C(=O)CCCO)CC1. The third-order valence-electron chi connectivity index (χ3n) is 3.46. The van der Waals surface area contributed by atoms with Gasteiger partial charge in [0.25, 0.3) is 0 Å². The van der Waals surface area contributed by atoms with Crippen LogP contribution in [0.5, 0.6) is 0 Å². The van der Waals surface area contributed by atoms with E-state index in [1.54, 1.807) is 0 Å². The zero-order valence-corrected chi connectivity index (χ0v) is 9.17. The van der Waals surface area contributed by atoms with Gasteiger partial charge in [0, 0.05) is 18.9 Å². The summed E-state index contributed by atoms with van der Waals surface area (Å²) in [5.74, 6) is 1.55. The van der Waals surface area contributed by atoms with E-state index in [0.717, 1.165) is 18.8 Å². The van der Waals surface area contributed by atoms with Gasteiger partial charge in [0.05, 0.1) is 0 Å². The average Bonchev–Trinajstić information content (AvgIpc) is 2.26. The fraction of sp³-hybridized carbons (Fsp3) is 0.917. The summed E-state index contributed by atoms with van der Waals surface area (Å²) in [7, 11) is 0. The van der Waals surface area contributed by atoms with Crippen molar-refractivity contribution in [3.05, 3.63) is 0 Å². The molecular formula is C12H22O2. The second kappa shape index (κ2) is 6.18. The van der Waals surface area contributed by atoms with E-state index < -0.39 is 0 Å². The Balaban J connectivity index is 2.23. The lowest BCUT2D eigenvalue weighted by atomic mass is 9.78. The molecule has 1 saturated carbocycles. The third kappa shape index (κ3) is 3.41. The molecule has 1 N–H and O–H groups in total. The van der Waals surface area contributed by atoms with Crippen molar-refractivity contribution in [2.75, 3.05) is 6.61 Å². The molecule has 1 rings (SSSR count). The van der Waals surface area contributed by atoms with Crippen molar-refractivity contribution in [1.29, 1.82) is 0 Å². The molecule has 0 radical (unpaired) electrons. The maximum Gasteiger partial charge on any atom is 0.136 e. The molecule has 0 bridgehead atoms. The van der Waals surface area contributed by atoms with Crippen LogP contribution in [-0.4, -0.2) is 17.5 Å². The summed E-state index contributed by atoms with van der Waals surface area (Å²) >= 11 is 0. The van der Waals surface area contributed by atoms with Gasteiger partial charge in [-0.25, -0.2) is 0 Å². The molecule has 1 fully saturated rings. The molecule has 0 aromatic rings. The minimum Gasteiger partial charge on any atom is -0.396 e. The van der Waals surface area contributed by atoms with E-state index in [4.69, 9.17) is 5.11 Å². The lowest BCUT2D eigenvalue weighted by molar-refractivity contribution is -0.124. The second-order valence-corrected chi connectivity index (χ2v) is 4.42. The summed E-state index contributed by atoms with van der Waals surface area (Å²) in [6.07, 6.45) is 7.12. The van der Waals surface area contributed by atoms with Crippen molar-refractivity contribution in [3.63, 3.8) is 0 Å². The quantitative estimate of drug-likeness (QED) is 0.737. The molecule has 0 unspecified atom stereocenters. The Hall–Kier alpha value is -0.370. The Morgan fingerprint density at radius 1 is 1.29 bits per heavy atom. The second-order valence-electron chi connectivity index (χ2n) is 4.42. The molecule has 0 aliphatic heterocycles. The van der Waals surface area contributed by atoms with Gasteiger partial charge in [-0.05, 0) is 38.0 Å². The highest BCUT2D eigenvalue weighted by Crippen LogP contribution is 2.31. The van der Waals surface area contributed by atoms with E-state index in [1.807, 2.05) is 0 Å². The minimum absolute atomic E-state index is 0.149. The maximum absolute atomic E-state index is 11.6. The predicted molar refractivity (Wildman–Crippen MR) is 57.1 cm³/mol. The monoisotopic (exact) mass is 198 g/mol. The molecule has 2 heteroatoms. The molecule has 2 nitrogen and oxygen atoms in total. The molecule has 0 aromatic carbocycles. The first-order chi connectivity index (χ1) is 6.77. The van der Waals surface area contributed by atoms with Gasteiger partial charge in [-0.15, -0.1) is 0 Å². The highest BCUT2D eigenvalue weighted by Gasteiger charge is 2.24. The van der Waals surface area contributed by atoms with Gasteiger partial charge in [-0.3, -0.25) is 4.79 Å². The first-order valence-corrected chi connectivity index (χ1v) is 5.91. The normalized spacial score (nSPS) is 27.6. The number of ketones is 1. The van der Waals surface area contributed by atoms with Crippen LogP contribution >= 0.6 is 0 Å². The van der Waals surface area contributed by atoms with Gasteiger partial charge in [-0.1, -0.05) is 13.3 Å². The number of carbonyl (C=O) groups is 1. The van der Waals surface area contributed by atoms with Gasteiger partial charge in [0.2, 0.25) is 0 Å². The van der Waals surface area contributed by atoms with Crippen LogP contribution in [0.25, 0.3) is 0 Å². The van der Waals surface area contributed by atoms with Gasteiger partial charge in [0.15, 0.2) is 0 Å². The smallest absolute Gasteiger partial charge is 0.136 e. The van der Waals surface area contributed by atoms with Crippen LogP contribution < -0.4 is 0 Å². The maximum atomic E-state index is 11.6. The van der Waals surface area contributed by atoms with Gasteiger partial charge in [0.1, 0.15) is 5.78 Å². The van der Waals surface area contributed by atoms with Crippen LogP contribution in [0.15, 0.2) is 0 Å². The Bertz CT molecular complexity index is 169. The summed E-state index contributed by atoms with van der Waals surface area (Å²) in [6, 6.07) is 0. The highest BCUT2D eigenvalue weighted by molar-refractivity contribution is 5.81. The number of rotatable bonds is 5. The standard InChI is InChI=1S/C12H22O2/c1-2-10-5-7-11(8-6-10)12(14)4-3-9-13/h10-11,13H,2-9H2,1H3. The van der Waals surface area contributed by atoms with Crippen molar-refractivity contribution in [2.24, 2.45) is 11.8 Å². The fourth-order valence-corrected chi connectivity index (χ4v) is 2.35. The number of carbonyl (C=O) groups excluding carboxylic acids is 1. The first-order valence-electron chi connectivity index (χ1n) is 5.91. The van der Waals surface area contributed by atoms with Crippen molar-refractivity contribution >= 4 is 5.78 Å². The van der Waals surface area contributed by atoms with Crippen LogP contribution in [-0.2, 0) is 4.79 Å².